The van der Waals surface area contributed by atoms with Crippen LogP contribution in [0.4, 0.5) is 0 Å². The van der Waals surface area contributed by atoms with E-state index in [0.717, 1.165) is 36.8 Å². The highest BCUT2D eigenvalue weighted by molar-refractivity contribution is 5.34. The summed E-state index contributed by atoms with van der Waals surface area (Å²) in [6.45, 7) is 7.50. The molecule has 0 radical (unpaired) electrons. The molecule has 22 heavy (non-hydrogen) atoms. The molecule has 1 fully saturated rings. The molecule has 0 unspecified atom stereocenters. The van der Waals surface area contributed by atoms with Crippen LogP contribution in [-0.4, -0.2) is 26.8 Å². The minimum Gasteiger partial charge on any atom is -0.305 e. The lowest BCUT2D eigenvalue weighted by atomic mass is 9.76. The standard InChI is InChI=1S/C17H25N5/c1-4-18-17(11-9-14(3)10-12-17)16-19-20-21-22(16)15-7-5-13(2)6-8-15/h5-8,14,18H,4,9-12H2,1-3H3. The van der Waals surface area contributed by atoms with Gasteiger partial charge < -0.3 is 5.32 Å². The number of rotatable bonds is 4. The van der Waals surface area contributed by atoms with Gasteiger partial charge in [0.25, 0.3) is 0 Å². The van der Waals surface area contributed by atoms with Gasteiger partial charge in [0.1, 0.15) is 0 Å². The normalized spacial score (nSPS) is 25.3. The number of aryl methyl sites for hydroxylation is 1. The molecule has 1 heterocycles. The number of aromatic nitrogens is 4. The molecular weight excluding hydrogens is 274 g/mol. The van der Waals surface area contributed by atoms with Crippen LogP contribution in [0, 0.1) is 12.8 Å². The minimum atomic E-state index is -0.102. The predicted molar refractivity (Wildman–Crippen MR) is 86.9 cm³/mol. The second-order valence-corrected chi connectivity index (χ2v) is 6.54. The van der Waals surface area contributed by atoms with Gasteiger partial charge in [0.2, 0.25) is 0 Å². The Balaban J connectivity index is 1.99. The summed E-state index contributed by atoms with van der Waals surface area (Å²) >= 11 is 0. The zero-order valence-electron chi connectivity index (χ0n) is 13.7. The molecule has 2 aromatic rings. The van der Waals surface area contributed by atoms with Crippen molar-refractivity contribution in [2.24, 2.45) is 5.92 Å². The maximum Gasteiger partial charge on any atom is 0.176 e. The molecule has 1 N–H and O–H groups in total. The van der Waals surface area contributed by atoms with Crippen LogP contribution in [0.15, 0.2) is 24.3 Å². The lowest BCUT2D eigenvalue weighted by Crippen LogP contribution is -2.47. The van der Waals surface area contributed by atoms with Crippen molar-refractivity contribution in [3.63, 3.8) is 0 Å². The van der Waals surface area contributed by atoms with E-state index in [1.165, 1.54) is 18.4 Å². The van der Waals surface area contributed by atoms with Gasteiger partial charge in [-0.3, -0.25) is 0 Å². The molecule has 0 amide bonds. The molecule has 0 bridgehead atoms. The first-order valence-corrected chi connectivity index (χ1v) is 8.25. The summed E-state index contributed by atoms with van der Waals surface area (Å²) in [5.74, 6) is 1.74. The fourth-order valence-electron chi connectivity index (χ4n) is 3.42. The molecular formula is C17H25N5. The molecule has 0 spiro atoms. The highest BCUT2D eigenvalue weighted by Crippen LogP contribution is 2.38. The predicted octanol–water partition coefficient (Wildman–Crippen LogP) is 2.99. The number of hydrogen-bond donors (Lipinski definition) is 1. The summed E-state index contributed by atoms with van der Waals surface area (Å²) in [6.07, 6.45) is 4.62. The summed E-state index contributed by atoms with van der Waals surface area (Å²) < 4.78 is 1.90. The molecule has 0 aliphatic heterocycles. The number of tetrazole rings is 1. The molecule has 1 aliphatic carbocycles. The second kappa shape index (κ2) is 6.16. The second-order valence-electron chi connectivity index (χ2n) is 6.54. The van der Waals surface area contributed by atoms with Crippen LogP contribution in [0.25, 0.3) is 5.69 Å². The number of nitrogens with one attached hydrogen (secondary N) is 1. The third-order valence-corrected chi connectivity index (χ3v) is 4.82. The Labute approximate surface area is 132 Å². The van der Waals surface area contributed by atoms with Crippen molar-refractivity contribution >= 4 is 0 Å². The van der Waals surface area contributed by atoms with Gasteiger partial charge in [-0.15, -0.1) is 5.10 Å². The van der Waals surface area contributed by atoms with Gasteiger partial charge >= 0.3 is 0 Å². The smallest absolute Gasteiger partial charge is 0.176 e. The van der Waals surface area contributed by atoms with Crippen molar-refractivity contribution in [2.45, 2.75) is 52.0 Å². The molecule has 118 valence electrons. The summed E-state index contributed by atoms with van der Waals surface area (Å²) in [4.78, 5) is 0. The van der Waals surface area contributed by atoms with E-state index < -0.39 is 0 Å². The van der Waals surface area contributed by atoms with Crippen LogP contribution < -0.4 is 5.32 Å². The Morgan fingerprint density at radius 1 is 1.23 bits per heavy atom. The maximum atomic E-state index is 4.39. The summed E-state index contributed by atoms with van der Waals surface area (Å²) in [6, 6.07) is 8.37. The zero-order chi connectivity index (χ0) is 15.6. The third-order valence-electron chi connectivity index (χ3n) is 4.82. The van der Waals surface area contributed by atoms with Crippen LogP contribution in [-0.2, 0) is 5.54 Å². The quantitative estimate of drug-likeness (QED) is 0.943. The largest absolute Gasteiger partial charge is 0.305 e. The zero-order valence-corrected chi connectivity index (χ0v) is 13.7. The number of hydrogen-bond acceptors (Lipinski definition) is 4. The van der Waals surface area contributed by atoms with Crippen molar-refractivity contribution in [1.29, 1.82) is 0 Å². The maximum absolute atomic E-state index is 4.39. The Morgan fingerprint density at radius 3 is 2.55 bits per heavy atom. The molecule has 0 saturated heterocycles. The van der Waals surface area contributed by atoms with E-state index >= 15 is 0 Å². The lowest BCUT2D eigenvalue weighted by molar-refractivity contribution is 0.185. The van der Waals surface area contributed by atoms with Crippen LogP contribution in [0.1, 0.15) is 50.9 Å². The van der Waals surface area contributed by atoms with E-state index in [0.29, 0.717) is 0 Å². The minimum absolute atomic E-state index is 0.102. The molecule has 0 atom stereocenters. The summed E-state index contributed by atoms with van der Waals surface area (Å²) in [5.41, 5.74) is 2.17. The van der Waals surface area contributed by atoms with Crippen LogP contribution in [0.5, 0.6) is 0 Å². The average molecular weight is 299 g/mol. The van der Waals surface area contributed by atoms with Gasteiger partial charge in [-0.25, -0.2) is 0 Å². The fraction of sp³-hybridized carbons (Fsp3) is 0.588. The summed E-state index contributed by atoms with van der Waals surface area (Å²) in [5, 5.41) is 16.3. The van der Waals surface area contributed by atoms with Gasteiger partial charge in [0, 0.05) is 0 Å². The van der Waals surface area contributed by atoms with E-state index in [9.17, 15) is 0 Å². The summed E-state index contributed by atoms with van der Waals surface area (Å²) in [7, 11) is 0. The SMILES string of the molecule is CCNC1(c2nnnn2-c2ccc(C)cc2)CCC(C)CC1. The van der Waals surface area contributed by atoms with Crippen LogP contribution >= 0.6 is 0 Å². The molecule has 5 nitrogen and oxygen atoms in total. The number of nitrogens with zero attached hydrogens (tertiary/aromatic N) is 4. The van der Waals surface area contributed by atoms with Crippen molar-refractivity contribution in [3.05, 3.63) is 35.7 Å². The third kappa shape index (κ3) is 2.77. The van der Waals surface area contributed by atoms with Crippen LogP contribution in [0.2, 0.25) is 0 Å². The molecule has 1 aliphatic rings. The highest BCUT2D eigenvalue weighted by atomic mass is 15.6. The Morgan fingerprint density at radius 2 is 1.91 bits per heavy atom. The average Bonchev–Trinajstić information content (AvgIpc) is 3.01. The first kappa shape index (κ1) is 15.2. The van der Waals surface area contributed by atoms with Crippen molar-refractivity contribution < 1.29 is 0 Å². The Hall–Kier alpha value is -1.75. The van der Waals surface area contributed by atoms with Crippen molar-refractivity contribution in [1.82, 2.24) is 25.5 Å². The topological polar surface area (TPSA) is 55.6 Å². The van der Waals surface area contributed by atoms with Crippen molar-refractivity contribution in [3.8, 4) is 5.69 Å². The lowest BCUT2D eigenvalue weighted by Gasteiger charge is -2.38. The van der Waals surface area contributed by atoms with E-state index in [2.05, 4.69) is 65.9 Å². The van der Waals surface area contributed by atoms with Gasteiger partial charge in [-0.2, -0.15) is 4.68 Å². The van der Waals surface area contributed by atoms with Crippen LogP contribution in [0.3, 0.4) is 0 Å². The van der Waals surface area contributed by atoms with Gasteiger partial charge in [0.15, 0.2) is 5.82 Å². The Bertz CT molecular complexity index is 608. The van der Waals surface area contributed by atoms with Crippen molar-refractivity contribution in [2.75, 3.05) is 6.54 Å². The van der Waals surface area contributed by atoms with E-state index in [1.807, 2.05) is 4.68 Å². The monoisotopic (exact) mass is 299 g/mol. The Kier molecular flexibility index (Phi) is 4.25. The van der Waals surface area contributed by atoms with Gasteiger partial charge in [0.05, 0.1) is 11.2 Å². The molecule has 1 saturated carbocycles. The molecule has 3 rings (SSSR count). The molecule has 1 aromatic heterocycles. The van der Waals surface area contributed by atoms with E-state index in [1.54, 1.807) is 0 Å². The van der Waals surface area contributed by atoms with E-state index in [4.69, 9.17) is 0 Å². The van der Waals surface area contributed by atoms with Gasteiger partial charge in [-0.05, 0) is 67.6 Å². The molecule has 1 aromatic carbocycles. The first-order chi connectivity index (χ1) is 10.6. The van der Waals surface area contributed by atoms with Gasteiger partial charge in [-0.1, -0.05) is 31.5 Å². The highest BCUT2D eigenvalue weighted by Gasteiger charge is 2.39. The first-order valence-electron chi connectivity index (χ1n) is 8.25. The van der Waals surface area contributed by atoms with E-state index in [-0.39, 0.29) is 5.54 Å². The fourth-order valence-corrected chi connectivity index (χ4v) is 3.42. The number of benzene rings is 1. The molecule has 5 heteroatoms.